The summed E-state index contributed by atoms with van der Waals surface area (Å²) >= 11 is 5.69. The summed E-state index contributed by atoms with van der Waals surface area (Å²) < 4.78 is 31.0. The Hall–Kier alpha value is -2.47. The molecule has 2 aromatic carbocycles. The second-order valence-electron chi connectivity index (χ2n) is 5.72. The fourth-order valence-corrected chi connectivity index (χ4v) is 2.42. The molecular formula is C19H18ClF2NO3. The fraction of sp³-hybridized carbons (Fsp3) is 0.263. The molecule has 0 bridgehead atoms. The number of rotatable bonds is 7. The van der Waals surface area contributed by atoms with E-state index in [1.54, 1.807) is 0 Å². The minimum absolute atomic E-state index is 0.107. The summed E-state index contributed by atoms with van der Waals surface area (Å²) in [5, 5.41) is 2.38. The van der Waals surface area contributed by atoms with Crippen molar-refractivity contribution >= 4 is 23.5 Å². The van der Waals surface area contributed by atoms with Gasteiger partial charge in [0.15, 0.2) is 11.6 Å². The number of ether oxygens (including phenoxy) is 1. The molecule has 0 aromatic heterocycles. The summed E-state index contributed by atoms with van der Waals surface area (Å²) in [6.07, 6.45) is 0.919. The third kappa shape index (κ3) is 5.81. The Balaban J connectivity index is 1.71. The smallest absolute Gasteiger partial charge is 0.339 e. The van der Waals surface area contributed by atoms with Crippen LogP contribution in [-0.4, -0.2) is 25.0 Å². The molecule has 0 atom stereocenters. The van der Waals surface area contributed by atoms with Crippen LogP contribution in [0.5, 0.6) is 0 Å². The maximum atomic E-state index is 13.2. The average molecular weight is 382 g/mol. The number of amides is 1. The van der Waals surface area contributed by atoms with Crippen molar-refractivity contribution in [1.82, 2.24) is 5.32 Å². The van der Waals surface area contributed by atoms with Gasteiger partial charge in [0.1, 0.15) is 6.61 Å². The van der Waals surface area contributed by atoms with E-state index in [0.717, 1.165) is 11.1 Å². The van der Waals surface area contributed by atoms with E-state index in [1.807, 2.05) is 31.2 Å². The molecule has 0 saturated heterocycles. The highest BCUT2D eigenvalue weighted by Crippen LogP contribution is 2.20. The van der Waals surface area contributed by atoms with E-state index >= 15 is 0 Å². The first-order valence-corrected chi connectivity index (χ1v) is 8.38. The molecule has 138 valence electrons. The Morgan fingerprint density at radius 2 is 1.77 bits per heavy atom. The van der Waals surface area contributed by atoms with Gasteiger partial charge in [-0.05, 0) is 31.0 Å². The van der Waals surface area contributed by atoms with Crippen LogP contribution in [0.3, 0.4) is 0 Å². The predicted molar refractivity (Wildman–Crippen MR) is 94.2 cm³/mol. The zero-order valence-electron chi connectivity index (χ0n) is 14.2. The molecule has 2 rings (SSSR count). The van der Waals surface area contributed by atoms with Gasteiger partial charge in [-0.2, -0.15) is 0 Å². The molecule has 0 aliphatic heterocycles. The van der Waals surface area contributed by atoms with Gasteiger partial charge in [-0.3, -0.25) is 4.79 Å². The number of esters is 1. The Morgan fingerprint density at radius 1 is 1.12 bits per heavy atom. The molecule has 7 heteroatoms. The summed E-state index contributed by atoms with van der Waals surface area (Å²) in [5.74, 6) is -3.39. The minimum Gasteiger partial charge on any atom is -0.460 e. The van der Waals surface area contributed by atoms with Crippen molar-refractivity contribution in [1.29, 1.82) is 0 Å². The van der Waals surface area contributed by atoms with Crippen LogP contribution in [0.1, 0.15) is 27.9 Å². The van der Waals surface area contributed by atoms with Gasteiger partial charge in [-0.25, -0.2) is 13.6 Å². The first-order chi connectivity index (χ1) is 12.4. The van der Waals surface area contributed by atoms with Crippen LogP contribution in [0.4, 0.5) is 8.78 Å². The second kappa shape index (κ2) is 9.29. The maximum Gasteiger partial charge on any atom is 0.339 e. The van der Waals surface area contributed by atoms with Crippen LogP contribution in [0.2, 0.25) is 5.02 Å². The Kier molecular flexibility index (Phi) is 7.09. The number of halogens is 3. The van der Waals surface area contributed by atoms with E-state index < -0.39 is 17.6 Å². The Morgan fingerprint density at radius 3 is 2.46 bits per heavy atom. The van der Waals surface area contributed by atoms with Gasteiger partial charge in [-0.15, -0.1) is 0 Å². The monoisotopic (exact) mass is 381 g/mol. The molecule has 0 aliphatic carbocycles. The van der Waals surface area contributed by atoms with Gasteiger partial charge in [-0.1, -0.05) is 41.4 Å². The lowest BCUT2D eigenvalue weighted by Crippen LogP contribution is -2.28. The second-order valence-corrected chi connectivity index (χ2v) is 6.12. The number of hydrogen-bond acceptors (Lipinski definition) is 3. The number of carbonyl (C=O) groups excluding carboxylic acids is 2. The van der Waals surface area contributed by atoms with Gasteiger partial charge < -0.3 is 10.1 Å². The van der Waals surface area contributed by atoms with Crippen molar-refractivity contribution in [2.24, 2.45) is 0 Å². The van der Waals surface area contributed by atoms with Crippen LogP contribution in [0, 0.1) is 18.6 Å². The van der Waals surface area contributed by atoms with Crippen molar-refractivity contribution in [3.8, 4) is 0 Å². The topological polar surface area (TPSA) is 55.4 Å². The van der Waals surface area contributed by atoms with Crippen molar-refractivity contribution in [3.05, 3.63) is 69.7 Å². The van der Waals surface area contributed by atoms with Crippen molar-refractivity contribution in [2.45, 2.75) is 19.8 Å². The number of hydrogen-bond donors (Lipinski definition) is 1. The zero-order chi connectivity index (χ0) is 19.1. The van der Waals surface area contributed by atoms with Gasteiger partial charge in [0.05, 0.1) is 17.1 Å². The largest absolute Gasteiger partial charge is 0.460 e. The van der Waals surface area contributed by atoms with Crippen LogP contribution >= 0.6 is 11.6 Å². The first-order valence-electron chi connectivity index (χ1n) is 8.00. The third-order valence-corrected chi connectivity index (χ3v) is 3.96. The first kappa shape index (κ1) is 19.8. The molecular weight excluding hydrogens is 364 g/mol. The van der Waals surface area contributed by atoms with E-state index in [9.17, 15) is 18.4 Å². The van der Waals surface area contributed by atoms with Crippen molar-refractivity contribution in [2.75, 3.05) is 13.2 Å². The van der Waals surface area contributed by atoms with Gasteiger partial charge in [0.25, 0.3) is 0 Å². The summed E-state index contributed by atoms with van der Waals surface area (Å²) in [7, 11) is 0. The SMILES string of the molecule is Cc1ccc(CCC(=O)NCCOC(=O)c2cc(F)c(F)cc2Cl)cc1. The quantitative estimate of drug-likeness (QED) is 0.450. The molecule has 2 aromatic rings. The molecule has 1 amide bonds. The van der Waals surface area contributed by atoms with E-state index in [-0.39, 0.29) is 29.6 Å². The highest BCUT2D eigenvalue weighted by molar-refractivity contribution is 6.33. The minimum atomic E-state index is -1.19. The molecule has 0 saturated carbocycles. The normalized spacial score (nSPS) is 10.5. The maximum absolute atomic E-state index is 13.2. The van der Waals surface area contributed by atoms with Crippen LogP contribution in [-0.2, 0) is 16.0 Å². The lowest BCUT2D eigenvalue weighted by molar-refractivity contribution is -0.121. The number of nitrogens with one attached hydrogen (secondary N) is 1. The molecule has 0 spiro atoms. The van der Waals surface area contributed by atoms with E-state index in [2.05, 4.69) is 5.32 Å². The standard InChI is InChI=1S/C19H18ClF2NO3/c1-12-2-4-13(5-3-12)6-7-18(24)23-8-9-26-19(25)14-10-16(21)17(22)11-15(14)20/h2-5,10-11H,6-9H2,1H3,(H,23,24). The number of benzene rings is 2. The average Bonchev–Trinajstić information content (AvgIpc) is 2.61. The molecule has 0 aliphatic rings. The van der Waals surface area contributed by atoms with Gasteiger partial charge in [0.2, 0.25) is 5.91 Å². The number of carbonyl (C=O) groups is 2. The van der Waals surface area contributed by atoms with Gasteiger partial charge in [0, 0.05) is 6.42 Å². The Bertz CT molecular complexity index is 794. The summed E-state index contributed by atoms with van der Waals surface area (Å²) in [4.78, 5) is 23.6. The lowest BCUT2D eigenvalue weighted by atomic mass is 10.1. The van der Waals surface area contributed by atoms with Crippen molar-refractivity contribution < 1.29 is 23.1 Å². The van der Waals surface area contributed by atoms with Crippen LogP contribution in [0.15, 0.2) is 36.4 Å². The molecule has 1 N–H and O–H groups in total. The van der Waals surface area contributed by atoms with E-state index in [4.69, 9.17) is 16.3 Å². The lowest BCUT2D eigenvalue weighted by Gasteiger charge is -2.08. The zero-order valence-corrected chi connectivity index (χ0v) is 14.9. The number of aryl methyl sites for hydroxylation is 2. The van der Waals surface area contributed by atoms with E-state index in [0.29, 0.717) is 25.0 Å². The molecule has 26 heavy (non-hydrogen) atoms. The summed E-state index contributed by atoms with van der Waals surface area (Å²) in [5.41, 5.74) is 1.95. The van der Waals surface area contributed by atoms with Crippen LogP contribution in [0.25, 0.3) is 0 Å². The molecule has 0 fully saturated rings. The predicted octanol–water partition coefficient (Wildman–Crippen LogP) is 3.83. The van der Waals surface area contributed by atoms with Crippen LogP contribution < -0.4 is 5.32 Å². The highest BCUT2D eigenvalue weighted by Gasteiger charge is 2.16. The van der Waals surface area contributed by atoms with E-state index in [1.165, 1.54) is 0 Å². The summed E-state index contributed by atoms with van der Waals surface area (Å²) in [6.45, 7) is 2.00. The van der Waals surface area contributed by atoms with Gasteiger partial charge >= 0.3 is 5.97 Å². The molecule has 4 nitrogen and oxygen atoms in total. The van der Waals surface area contributed by atoms with Crippen molar-refractivity contribution in [3.63, 3.8) is 0 Å². The highest BCUT2D eigenvalue weighted by atomic mass is 35.5. The molecule has 0 radical (unpaired) electrons. The molecule has 0 heterocycles. The Labute approximate surface area is 155 Å². The third-order valence-electron chi connectivity index (χ3n) is 3.65. The molecule has 0 unspecified atom stereocenters. The summed E-state index contributed by atoms with van der Waals surface area (Å²) in [6, 6.07) is 9.29. The fourth-order valence-electron chi connectivity index (χ4n) is 2.19.